The summed E-state index contributed by atoms with van der Waals surface area (Å²) in [5.74, 6) is 1.06. The molecule has 0 spiro atoms. The third-order valence-corrected chi connectivity index (χ3v) is 5.51. The molecule has 0 saturated heterocycles. The van der Waals surface area contributed by atoms with E-state index in [1.807, 2.05) is 34.2 Å². The molecule has 0 radical (unpaired) electrons. The molecule has 2 heterocycles. The molecule has 0 aliphatic heterocycles. The number of thiazole rings is 1. The first-order valence-corrected chi connectivity index (χ1v) is 10.5. The van der Waals surface area contributed by atoms with Gasteiger partial charge in [-0.15, -0.1) is 16.4 Å². The summed E-state index contributed by atoms with van der Waals surface area (Å²) in [5, 5.41) is 10.7. The highest BCUT2D eigenvalue weighted by molar-refractivity contribution is 7.15. The van der Waals surface area contributed by atoms with E-state index >= 15 is 0 Å². The Morgan fingerprint density at radius 3 is 2.48 bits per heavy atom. The van der Waals surface area contributed by atoms with Crippen LogP contribution in [0.2, 0.25) is 10.0 Å². The Morgan fingerprint density at radius 2 is 1.76 bits per heavy atom. The molecule has 1 N–H and O–H groups in total. The molecule has 9 heteroatoms. The Hall–Kier alpha value is -2.61. The molecular formula is C20H16Cl2N4O2S. The van der Waals surface area contributed by atoms with E-state index in [0.717, 1.165) is 16.2 Å². The number of nitrogens with one attached hydrogen (secondary N) is 1. The molecule has 0 bridgehead atoms. The molecule has 0 aliphatic rings. The van der Waals surface area contributed by atoms with Crippen LogP contribution in [-0.4, -0.2) is 33.7 Å². The average Bonchev–Trinajstić information content (AvgIpc) is 3.30. The van der Waals surface area contributed by atoms with Gasteiger partial charge in [-0.3, -0.25) is 4.79 Å². The Bertz CT molecular complexity index is 1120. The van der Waals surface area contributed by atoms with E-state index in [4.69, 9.17) is 27.9 Å². The minimum Gasteiger partial charge on any atom is -0.484 e. The maximum absolute atomic E-state index is 12.0. The second-order valence-electron chi connectivity index (χ2n) is 6.21. The van der Waals surface area contributed by atoms with Gasteiger partial charge in [-0.25, -0.2) is 4.52 Å². The van der Waals surface area contributed by atoms with E-state index in [2.05, 4.69) is 15.4 Å². The smallest absolute Gasteiger partial charge is 0.257 e. The van der Waals surface area contributed by atoms with Gasteiger partial charge in [0.15, 0.2) is 12.4 Å². The predicted molar refractivity (Wildman–Crippen MR) is 115 cm³/mol. The summed E-state index contributed by atoms with van der Waals surface area (Å²) in [5.41, 5.74) is 1.89. The number of ether oxygens (including phenoxy) is 1. The maximum Gasteiger partial charge on any atom is 0.257 e. The SMILES string of the molecule is O=C(COc1ccc(Cl)cc1)NCCc1csc2nc(-c3ccc(Cl)cc3)nn12. The molecule has 0 atom stereocenters. The Kier molecular flexibility index (Phi) is 5.99. The van der Waals surface area contributed by atoms with E-state index < -0.39 is 0 Å². The summed E-state index contributed by atoms with van der Waals surface area (Å²) < 4.78 is 7.25. The first-order chi connectivity index (χ1) is 14.1. The predicted octanol–water partition coefficient (Wildman–Crippen LogP) is 4.50. The topological polar surface area (TPSA) is 68.5 Å². The maximum atomic E-state index is 12.0. The van der Waals surface area contributed by atoms with Crippen LogP contribution < -0.4 is 10.1 Å². The van der Waals surface area contributed by atoms with E-state index in [0.29, 0.717) is 34.6 Å². The van der Waals surface area contributed by atoms with E-state index in [9.17, 15) is 4.79 Å². The molecule has 0 aliphatic carbocycles. The third-order valence-electron chi connectivity index (χ3n) is 4.14. The Balaban J connectivity index is 1.32. The number of fused-ring (bicyclic) bond motifs is 1. The van der Waals surface area contributed by atoms with Crippen LogP contribution in [0.25, 0.3) is 16.3 Å². The highest BCUT2D eigenvalue weighted by Gasteiger charge is 2.12. The van der Waals surface area contributed by atoms with Gasteiger partial charge in [0.1, 0.15) is 5.75 Å². The van der Waals surface area contributed by atoms with Crippen molar-refractivity contribution in [2.45, 2.75) is 6.42 Å². The summed E-state index contributed by atoms with van der Waals surface area (Å²) in [4.78, 5) is 17.4. The molecule has 2 aromatic carbocycles. The molecule has 1 amide bonds. The van der Waals surface area contributed by atoms with Crippen molar-refractivity contribution in [2.75, 3.05) is 13.2 Å². The second-order valence-corrected chi connectivity index (χ2v) is 7.92. The van der Waals surface area contributed by atoms with Crippen LogP contribution in [0.5, 0.6) is 5.75 Å². The Labute approximate surface area is 181 Å². The molecule has 0 fully saturated rings. The van der Waals surface area contributed by atoms with Crippen molar-refractivity contribution < 1.29 is 9.53 Å². The molecule has 2 aromatic heterocycles. The minimum absolute atomic E-state index is 0.0509. The van der Waals surface area contributed by atoms with Crippen molar-refractivity contribution in [2.24, 2.45) is 0 Å². The lowest BCUT2D eigenvalue weighted by Gasteiger charge is -2.07. The quantitative estimate of drug-likeness (QED) is 0.453. The van der Waals surface area contributed by atoms with Gasteiger partial charge in [0.05, 0.1) is 5.69 Å². The number of carbonyl (C=O) groups is 1. The molecule has 0 unspecified atom stereocenters. The van der Waals surface area contributed by atoms with Gasteiger partial charge in [-0.1, -0.05) is 23.2 Å². The van der Waals surface area contributed by atoms with Gasteiger partial charge in [-0.2, -0.15) is 4.98 Å². The number of halogens is 2. The van der Waals surface area contributed by atoms with Gasteiger partial charge in [0.2, 0.25) is 4.96 Å². The zero-order valence-electron chi connectivity index (χ0n) is 15.1. The van der Waals surface area contributed by atoms with Crippen LogP contribution in [0.4, 0.5) is 0 Å². The van der Waals surface area contributed by atoms with Crippen molar-refractivity contribution in [1.82, 2.24) is 19.9 Å². The normalized spacial score (nSPS) is 11.0. The van der Waals surface area contributed by atoms with Crippen LogP contribution in [-0.2, 0) is 11.2 Å². The number of aromatic nitrogens is 3. The number of amides is 1. The molecule has 4 aromatic rings. The lowest BCUT2D eigenvalue weighted by molar-refractivity contribution is -0.123. The summed E-state index contributed by atoms with van der Waals surface area (Å²) in [6.07, 6.45) is 0.635. The number of benzene rings is 2. The van der Waals surface area contributed by atoms with Crippen molar-refractivity contribution >= 4 is 45.4 Å². The molecule has 0 saturated carbocycles. The number of carbonyl (C=O) groups excluding carboxylic acids is 1. The standard InChI is InChI=1S/C20H16Cl2N4O2S/c21-14-3-1-13(2-4-14)19-24-20-26(25-19)16(12-29-20)9-10-23-18(27)11-28-17-7-5-15(22)6-8-17/h1-8,12H,9-11H2,(H,23,27). The average molecular weight is 447 g/mol. The first-order valence-electron chi connectivity index (χ1n) is 8.82. The van der Waals surface area contributed by atoms with Crippen LogP contribution in [0.15, 0.2) is 53.9 Å². The Morgan fingerprint density at radius 1 is 1.07 bits per heavy atom. The fourth-order valence-electron chi connectivity index (χ4n) is 2.68. The molecule has 29 heavy (non-hydrogen) atoms. The van der Waals surface area contributed by atoms with Crippen LogP contribution >= 0.6 is 34.5 Å². The largest absolute Gasteiger partial charge is 0.484 e. The van der Waals surface area contributed by atoms with E-state index in [1.54, 1.807) is 24.3 Å². The van der Waals surface area contributed by atoms with Gasteiger partial charge in [0.25, 0.3) is 5.91 Å². The first kappa shape index (κ1) is 19.7. The lowest BCUT2D eigenvalue weighted by Crippen LogP contribution is -2.30. The summed E-state index contributed by atoms with van der Waals surface area (Å²) >= 11 is 13.3. The van der Waals surface area contributed by atoms with Crippen molar-refractivity contribution in [1.29, 1.82) is 0 Å². The third kappa shape index (κ3) is 4.87. The highest BCUT2D eigenvalue weighted by Crippen LogP contribution is 2.22. The number of rotatable bonds is 7. The number of hydrogen-bond donors (Lipinski definition) is 1. The highest BCUT2D eigenvalue weighted by atomic mass is 35.5. The zero-order chi connectivity index (χ0) is 20.2. The minimum atomic E-state index is -0.188. The van der Waals surface area contributed by atoms with Gasteiger partial charge >= 0.3 is 0 Å². The van der Waals surface area contributed by atoms with Gasteiger partial charge in [-0.05, 0) is 48.5 Å². The van der Waals surface area contributed by atoms with Crippen molar-refractivity contribution in [3.8, 4) is 17.1 Å². The van der Waals surface area contributed by atoms with Crippen LogP contribution in [0.3, 0.4) is 0 Å². The van der Waals surface area contributed by atoms with Gasteiger partial charge in [0, 0.05) is 34.0 Å². The lowest BCUT2D eigenvalue weighted by atomic mass is 10.2. The second kappa shape index (κ2) is 8.82. The molecular weight excluding hydrogens is 431 g/mol. The molecule has 6 nitrogen and oxygen atoms in total. The fraction of sp³-hybridized carbons (Fsp3) is 0.150. The zero-order valence-corrected chi connectivity index (χ0v) is 17.5. The summed E-state index contributed by atoms with van der Waals surface area (Å²) in [7, 11) is 0. The van der Waals surface area contributed by atoms with Crippen LogP contribution in [0.1, 0.15) is 5.69 Å². The van der Waals surface area contributed by atoms with Gasteiger partial charge < -0.3 is 10.1 Å². The number of hydrogen-bond acceptors (Lipinski definition) is 5. The van der Waals surface area contributed by atoms with Crippen molar-refractivity contribution in [3.05, 3.63) is 69.7 Å². The van der Waals surface area contributed by atoms with E-state index in [1.165, 1.54) is 11.3 Å². The number of nitrogens with zero attached hydrogens (tertiary/aromatic N) is 3. The fourth-order valence-corrected chi connectivity index (χ4v) is 3.79. The summed E-state index contributed by atoms with van der Waals surface area (Å²) in [6, 6.07) is 14.3. The van der Waals surface area contributed by atoms with Crippen molar-refractivity contribution in [3.63, 3.8) is 0 Å². The monoisotopic (exact) mass is 446 g/mol. The summed E-state index contributed by atoms with van der Waals surface area (Å²) in [6.45, 7) is 0.426. The molecule has 4 rings (SSSR count). The molecule has 148 valence electrons. The van der Waals surface area contributed by atoms with Crippen LogP contribution in [0, 0.1) is 0 Å². The van der Waals surface area contributed by atoms with E-state index in [-0.39, 0.29) is 12.5 Å².